The van der Waals surface area contributed by atoms with Gasteiger partial charge in [-0.15, -0.1) is 0 Å². The van der Waals surface area contributed by atoms with E-state index < -0.39 is 11.7 Å². The Balaban J connectivity index is 1.74. The quantitative estimate of drug-likeness (QED) is 0.373. The molecule has 3 nitrogen and oxygen atoms in total. The van der Waals surface area contributed by atoms with Crippen LogP contribution in [0, 0.1) is 0 Å². The molecule has 1 aliphatic heterocycles. The van der Waals surface area contributed by atoms with Gasteiger partial charge in [-0.25, -0.2) is 4.68 Å². The normalized spacial score (nSPS) is 13.3. The number of anilines is 1. The minimum atomic E-state index is -4.56. The van der Waals surface area contributed by atoms with E-state index in [9.17, 15) is 13.2 Å². The van der Waals surface area contributed by atoms with Gasteiger partial charge in [-0.2, -0.15) is 18.3 Å². The number of aromatic nitrogens is 2. The molecule has 1 N–H and O–H groups in total. The summed E-state index contributed by atoms with van der Waals surface area (Å²) in [4.78, 5) is 0. The Morgan fingerprint density at radius 3 is 2.12 bits per heavy atom. The number of hydrogen-bond acceptors (Lipinski definition) is 2. The molecule has 1 aliphatic rings. The average molecular weight is 454 g/mol. The van der Waals surface area contributed by atoms with Crippen molar-refractivity contribution < 1.29 is 13.2 Å². The van der Waals surface area contributed by atoms with Gasteiger partial charge < -0.3 is 5.32 Å². The lowest BCUT2D eigenvalue weighted by molar-refractivity contribution is -0.137. The number of fused-ring (bicyclic) bond motifs is 1. The van der Waals surface area contributed by atoms with E-state index in [4.69, 9.17) is 16.7 Å². The van der Waals surface area contributed by atoms with Crippen molar-refractivity contribution in [2.75, 3.05) is 11.9 Å². The summed E-state index contributed by atoms with van der Waals surface area (Å²) in [5.74, 6) is 0.402. The number of hydrogen-bond donors (Lipinski definition) is 1. The molecule has 0 radical (unpaired) electrons. The molecule has 0 spiro atoms. The molecule has 0 atom stereocenters. The van der Waals surface area contributed by atoms with Crippen LogP contribution in [0.5, 0.6) is 0 Å². The molecule has 0 fully saturated rings. The number of benzene rings is 3. The van der Waals surface area contributed by atoms with Crippen LogP contribution >= 0.6 is 11.6 Å². The molecule has 0 unspecified atom stereocenters. The van der Waals surface area contributed by atoms with E-state index in [2.05, 4.69) is 5.32 Å². The van der Waals surface area contributed by atoms with Gasteiger partial charge in [0.2, 0.25) is 0 Å². The highest BCUT2D eigenvalue weighted by atomic mass is 35.5. The maximum absolute atomic E-state index is 13.8. The van der Waals surface area contributed by atoms with Gasteiger partial charge in [0, 0.05) is 17.1 Å². The highest BCUT2D eigenvalue weighted by Crippen LogP contribution is 2.41. The predicted molar refractivity (Wildman–Crippen MR) is 120 cm³/mol. The van der Waals surface area contributed by atoms with E-state index in [1.807, 2.05) is 60.7 Å². The molecular formula is C25H19ClF3N3. The summed E-state index contributed by atoms with van der Waals surface area (Å²) in [6, 6.07) is 23.6. The van der Waals surface area contributed by atoms with Gasteiger partial charge in [0.25, 0.3) is 0 Å². The molecule has 32 heavy (non-hydrogen) atoms. The molecule has 3 aromatic carbocycles. The van der Waals surface area contributed by atoms with Crippen LogP contribution in [0.4, 0.5) is 19.0 Å². The summed E-state index contributed by atoms with van der Waals surface area (Å²) in [7, 11) is 0. The van der Waals surface area contributed by atoms with Crippen molar-refractivity contribution in [3.8, 4) is 5.69 Å². The monoisotopic (exact) mass is 453 g/mol. The highest BCUT2D eigenvalue weighted by molar-refractivity contribution is 6.30. The van der Waals surface area contributed by atoms with Crippen LogP contribution in [0.15, 0.2) is 78.9 Å². The molecule has 5 rings (SSSR count). The van der Waals surface area contributed by atoms with E-state index >= 15 is 0 Å². The van der Waals surface area contributed by atoms with Crippen LogP contribution in [0.25, 0.3) is 5.69 Å². The van der Waals surface area contributed by atoms with Crippen molar-refractivity contribution in [1.29, 1.82) is 0 Å². The van der Waals surface area contributed by atoms with Crippen molar-refractivity contribution in [3.05, 3.63) is 112 Å². The van der Waals surface area contributed by atoms with Crippen LogP contribution in [0.2, 0.25) is 5.02 Å². The first kappa shape index (κ1) is 20.6. The summed E-state index contributed by atoms with van der Waals surface area (Å²) in [5, 5.41) is 8.04. The average Bonchev–Trinajstić information content (AvgIpc) is 3.39. The summed E-state index contributed by atoms with van der Waals surface area (Å²) in [5.41, 5.74) is 2.90. The maximum atomic E-state index is 13.8. The fourth-order valence-corrected chi connectivity index (χ4v) is 4.50. The number of nitrogens with zero attached hydrogens (tertiary/aromatic N) is 2. The second-order valence-corrected chi connectivity index (χ2v) is 8.15. The van der Waals surface area contributed by atoms with E-state index in [1.165, 1.54) is 16.8 Å². The standard InChI is InChI=1S/C25H19ClF3N3/c26-18-11-12-21(20(15-18)25(27,28)29)32-24-19(13-14-30-24)23(31-32)22(16-7-3-1-4-8-16)17-9-5-2-6-10-17/h1-12,15,22,30H,13-14H2. The van der Waals surface area contributed by atoms with Gasteiger partial charge in [-0.3, -0.25) is 0 Å². The van der Waals surface area contributed by atoms with Crippen molar-refractivity contribution in [2.24, 2.45) is 0 Å². The number of halogens is 4. The molecule has 1 aromatic heterocycles. The molecule has 2 heterocycles. The SMILES string of the molecule is FC(F)(F)c1cc(Cl)ccc1-n1nc(C(c2ccccc2)c2ccccc2)c2c1NCC2. The minimum Gasteiger partial charge on any atom is -0.369 e. The van der Waals surface area contributed by atoms with Gasteiger partial charge in [-0.05, 0) is 35.7 Å². The second-order valence-electron chi connectivity index (χ2n) is 7.71. The van der Waals surface area contributed by atoms with Crippen LogP contribution in [-0.2, 0) is 12.6 Å². The Labute approximate surface area is 188 Å². The summed E-state index contributed by atoms with van der Waals surface area (Å²) >= 11 is 5.90. The van der Waals surface area contributed by atoms with Crippen molar-refractivity contribution in [1.82, 2.24) is 9.78 Å². The molecule has 0 bridgehead atoms. The zero-order valence-electron chi connectivity index (χ0n) is 16.9. The summed E-state index contributed by atoms with van der Waals surface area (Å²) in [6.07, 6.45) is -3.87. The van der Waals surface area contributed by atoms with Gasteiger partial charge in [0.1, 0.15) is 5.82 Å². The Kier molecular flexibility index (Phi) is 5.18. The van der Waals surface area contributed by atoms with E-state index in [0.29, 0.717) is 18.8 Å². The lowest BCUT2D eigenvalue weighted by atomic mass is 9.86. The molecule has 0 amide bonds. The fraction of sp³-hybridized carbons (Fsp3) is 0.160. The molecule has 0 saturated heterocycles. The lowest BCUT2D eigenvalue weighted by Gasteiger charge is -2.18. The zero-order valence-corrected chi connectivity index (χ0v) is 17.7. The van der Waals surface area contributed by atoms with Crippen molar-refractivity contribution in [3.63, 3.8) is 0 Å². The van der Waals surface area contributed by atoms with E-state index in [-0.39, 0.29) is 16.6 Å². The fourth-order valence-electron chi connectivity index (χ4n) is 4.33. The Bertz CT molecular complexity index is 1210. The topological polar surface area (TPSA) is 29.9 Å². The largest absolute Gasteiger partial charge is 0.418 e. The van der Waals surface area contributed by atoms with Gasteiger partial charge >= 0.3 is 6.18 Å². The highest BCUT2D eigenvalue weighted by Gasteiger charge is 2.37. The third-order valence-corrected chi connectivity index (χ3v) is 5.95. The van der Waals surface area contributed by atoms with E-state index in [0.717, 1.165) is 28.5 Å². The Morgan fingerprint density at radius 2 is 1.53 bits per heavy atom. The Morgan fingerprint density at radius 1 is 0.906 bits per heavy atom. The van der Waals surface area contributed by atoms with Gasteiger partial charge in [0.05, 0.1) is 22.9 Å². The van der Waals surface area contributed by atoms with Crippen molar-refractivity contribution in [2.45, 2.75) is 18.5 Å². The van der Waals surface area contributed by atoms with E-state index in [1.54, 1.807) is 0 Å². The van der Waals surface area contributed by atoms with Crippen LogP contribution in [0.1, 0.15) is 33.9 Å². The first-order chi connectivity index (χ1) is 15.4. The van der Waals surface area contributed by atoms with Crippen LogP contribution in [0.3, 0.4) is 0 Å². The van der Waals surface area contributed by atoms with Gasteiger partial charge in [0.15, 0.2) is 0 Å². The van der Waals surface area contributed by atoms with Crippen LogP contribution < -0.4 is 5.32 Å². The number of alkyl halides is 3. The molecule has 7 heteroatoms. The lowest BCUT2D eigenvalue weighted by Crippen LogP contribution is -2.14. The minimum absolute atomic E-state index is 0.0320. The zero-order chi connectivity index (χ0) is 22.3. The first-order valence-electron chi connectivity index (χ1n) is 10.3. The molecule has 0 aliphatic carbocycles. The number of rotatable bonds is 4. The van der Waals surface area contributed by atoms with Gasteiger partial charge in [-0.1, -0.05) is 72.3 Å². The summed E-state index contributed by atoms with van der Waals surface area (Å²) < 4.78 is 42.9. The molecule has 0 saturated carbocycles. The second kappa shape index (κ2) is 8.02. The predicted octanol–water partition coefficient (Wildman–Crippen LogP) is 6.69. The third kappa shape index (κ3) is 3.65. The molecular weight excluding hydrogens is 435 g/mol. The van der Waals surface area contributed by atoms with Crippen molar-refractivity contribution >= 4 is 17.4 Å². The summed E-state index contributed by atoms with van der Waals surface area (Å²) in [6.45, 7) is 0.644. The number of nitrogens with one attached hydrogen (secondary N) is 1. The third-order valence-electron chi connectivity index (χ3n) is 5.71. The first-order valence-corrected chi connectivity index (χ1v) is 10.6. The molecule has 162 valence electrons. The van der Waals surface area contributed by atoms with Crippen LogP contribution in [-0.4, -0.2) is 16.3 Å². The Hall–Kier alpha value is -3.25. The maximum Gasteiger partial charge on any atom is 0.418 e. The smallest absolute Gasteiger partial charge is 0.369 e. The molecule has 4 aromatic rings.